The molecule has 3 rings (SSSR count). The molecule has 0 spiro atoms. The summed E-state index contributed by atoms with van der Waals surface area (Å²) in [7, 11) is 0. The molecule has 1 saturated heterocycles. The third-order valence-corrected chi connectivity index (χ3v) is 6.11. The number of rotatable bonds is 12. The first-order chi connectivity index (χ1) is 16.0. The molecular weight excluding hydrogens is 457 g/mol. The highest BCUT2D eigenvalue weighted by Crippen LogP contribution is 2.30. The van der Waals surface area contributed by atoms with Gasteiger partial charge in [-0.3, -0.25) is 30.5 Å². The highest BCUT2D eigenvalue weighted by Gasteiger charge is 2.27. The van der Waals surface area contributed by atoms with Gasteiger partial charge < -0.3 is 10.1 Å². The van der Waals surface area contributed by atoms with Gasteiger partial charge in [0.15, 0.2) is 11.6 Å². The van der Waals surface area contributed by atoms with Crippen LogP contribution < -0.4 is 16.2 Å². The van der Waals surface area contributed by atoms with Gasteiger partial charge in [0, 0.05) is 26.2 Å². The Hall–Kier alpha value is -2.28. The minimum absolute atomic E-state index is 0.0787. The summed E-state index contributed by atoms with van der Waals surface area (Å²) in [5, 5.41) is 12.7. The highest BCUT2D eigenvalue weighted by atomic mass is 35.5. The summed E-state index contributed by atoms with van der Waals surface area (Å²) in [6.45, 7) is 3.93. The Kier molecular flexibility index (Phi) is 9.85. The van der Waals surface area contributed by atoms with Crippen molar-refractivity contribution in [3.8, 4) is 0 Å². The number of halogens is 2. The fourth-order valence-corrected chi connectivity index (χ4v) is 4.35. The Labute approximate surface area is 196 Å². The van der Waals surface area contributed by atoms with Crippen LogP contribution in [0.4, 0.5) is 16.0 Å². The van der Waals surface area contributed by atoms with Crippen molar-refractivity contribution in [1.29, 1.82) is 0 Å². The quantitative estimate of drug-likeness (QED) is 0.150. The Morgan fingerprint density at radius 2 is 2.00 bits per heavy atom. The summed E-state index contributed by atoms with van der Waals surface area (Å²) >= 11 is 5.94. The van der Waals surface area contributed by atoms with E-state index in [1.165, 1.54) is 0 Å². The number of morpholine rings is 1. The molecule has 2 aliphatic rings. The molecule has 1 aliphatic carbocycles. The number of amides is 2. The van der Waals surface area contributed by atoms with Gasteiger partial charge in [0.05, 0.1) is 25.7 Å². The van der Waals surface area contributed by atoms with Crippen LogP contribution in [0.2, 0.25) is 5.28 Å². The molecule has 13 heteroatoms. The maximum atomic E-state index is 14.9. The maximum Gasteiger partial charge on any atom is 0.243 e. The minimum Gasteiger partial charge on any atom is -0.379 e. The number of anilines is 2. The number of hydrogen-bond acceptors (Lipinski definition) is 9. The molecule has 184 valence electrons. The highest BCUT2D eigenvalue weighted by molar-refractivity contribution is 6.28. The van der Waals surface area contributed by atoms with Crippen LogP contribution >= 0.6 is 11.6 Å². The predicted molar refractivity (Wildman–Crippen MR) is 119 cm³/mol. The van der Waals surface area contributed by atoms with Crippen molar-refractivity contribution in [1.82, 2.24) is 25.4 Å². The number of nitrogens with one attached hydrogen (secondary N) is 3. The number of aromatic nitrogens is 2. The normalized spacial score (nSPS) is 18.0. The molecule has 0 unspecified atom stereocenters. The van der Waals surface area contributed by atoms with E-state index < -0.39 is 17.6 Å². The molecule has 2 amide bonds. The van der Waals surface area contributed by atoms with E-state index in [4.69, 9.17) is 16.3 Å². The minimum atomic E-state index is -0.786. The molecular formula is C20H31ClFN7O4. The second-order valence-corrected chi connectivity index (χ2v) is 8.65. The first-order valence-electron chi connectivity index (χ1n) is 11.2. The standard InChI is InChI=1S/C20H31ClFN7O4/c21-20-24-17(23-5-6-28-7-9-33-10-8-28)16(22)18(25-20)26-27-19(31)15(12-29(32)13-30)11-14-3-1-2-4-14/h13-15,32H,1-12H2,(H,27,31)(H2,23,24,25,26)/t15-/m1/s1. The van der Waals surface area contributed by atoms with E-state index >= 15 is 0 Å². The van der Waals surface area contributed by atoms with Crippen molar-refractivity contribution in [3.63, 3.8) is 0 Å². The summed E-state index contributed by atoms with van der Waals surface area (Å²) in [6, 6.07) is 0. The van der Waals surface area contributed by atoms with Gasteiger partial charge in [0.25, 0.3) is 0 Å². The Morgan fingerprint density at radius 3 is 2.70 bits per heavy atom. The zero-order chi connectivity index (χ0) is 23.6. The molecule has 11 nitrogen and oxygen atoms in total. The lowest BCUT2D eigenvalue weighted by molar-refractivity contribution is -0.154. The average molecular weight is 488 g/mol. The van der Waals surface area contributed by atoms with Crippen LogP contribution in [-0.2, 0) is 14.3 Å². The molecule has 1 aromatic rings. The van der Waals surface area contributed by atoms with Crippen LogP contribution in [-0.4, -0.2) is 83.4 Å². The monoisotopic (exact) mass is 487 g/mol. The van der Waals surface area contributed by atoms with Gasteiger partial charge in [0.1, 0.15) is 0 Å². The fraction of sp³-hybridized carbons (Fsp3) is 0.700. The molecule has 4 N–H and O–H groups in total. The van der Waals surface area contributed by atoms with E-state index in [1.807, 2.05) is 0 Å². The Bertz CT molecular complexity index is 794. The van der Waals surface area contributed by atoms with Gasteiger partial charge in [-0.1, -0.05) is 25.7 Å². The predicted octanol–water partition coefficient (Wildman–Crippen LogP) is 1.50. The molecule has 0 aromatic carbocycles. The molecule has 33 heavy (non-hydrogen) atoms. The third kappa shape index (κ3) is 7.91. The molecule has 1 aliphatic heterocycles. The number of nitrogens with zero attached hydrogens (tertiary/aromatic N) is 4. The SMILES string of the molecule is O=CN(O)C[C@@H](CC1CCCC1)C(=O)NNc1nc(Cl)nc(NCCN2CCOCC2)c1F. The van der Waals surface area contributed by atoms with Gasteiger partial charge in [-0.05, 0) is 23.9 Å². The molecule has 0 bridgehead atoms. The smallest absolute Gasteiger partial charge is 0.243 e. The van der Waals surface area contributed by atoms with Crippen molar-refractivity contribution < 1.29 is 23.9 Å². The number of ether oxygens (including phenoxy) is 1. The fourth-order valence-electron chi connectivity index (χ4n) is 4.18. The number of carbonyl (C=O) groups excluding carboxylic acids is 2. The maximum absolute atomic E-state index is 14.9. The largest absolute Gasteiger partial charge is 0.379 e. The van der Waals surface area contributed by atoms with E-state index in [1.54, 1.807) is 0 Å². The van der Waals surface area contributed by atoms with E-state index in [0.717, 1.165) is 38.8 Å². The van der Waals surface area contributed by atoms with Crippen molar-refractivity contribution in [2.24, 2.45) is 11.8 Å². The lowest BCUT2D eigenvalue weighted by Gasteiger charge is -2.26. The van der Waals surface area contributed by atoms with Crippen LogP contribution in [0.3, 0.4) is 0 Å². The number of carbonyl (C=O) groups is 2. The zero-order valence-corrected chi connectivity index (χ0v) is 19.2. The van der Waals surface area contributed by atoms with Gasteiger partial charge in [-0.15, -0.1) is 0 Å². The molecule has 1 aromatic heterocycles. The van der Waals surface area contributed by atoms with Crippen LogP contribution in [0.5, 0.6) is 0 Å². The van der Waals surface area contributed by atoms with Crippen LogP contribution in [0.25, 0.3) is 0 Å². The first-order valence-corrected chi connectivity index (χ1v) is 11.6. The topological polar surface area (TPSA) is 132 Å². The molecule has 2 heterocycles. The van der Waals surface area contributed by atoms with E-state index in [-0.39, 0.29) is 29.9 Å². The Balaban J connectivity index is 1.57. The lowest BCUT2D eigenvalue weighted by Crippen LogP contribution is -2.41. The van der Waals surface area contributed by atoms with Crippen molar-refractivity contribution in [3.05, 3.63) is 11.1 Å². The van der Waals surface area contributed by atoms with Crippen LogP contribution in [0.15, 0.2) is 0 Å². The summed E-state index contributed by atoms with van der Waals surface area (Å²) in [4.78, 5) is 33.4. The zero-order valence-electron chi connectivity index (χ0n) is 18.4. The summed E-state index contributed by atoms with van der Waals surface area (Å²) in [5.74, 6) is -1.96. The second-order valence-electron chi connectivity index (χ2n) is 8.31. The van der Waals surface area contributed by atoms with E-state index in [0.29, 0.717) is 43.7 Å². The second kappa shape index (κ2) is 12.8. The summed E-state index contributed by atoms with van der Waals surface area (Å²) < 4.78 is 20.2. The molecule has 1 atom stereocenters. The number of hydrogen-bond donors (Lipinski definition) is 4. The average Bonchev–Trinajstić information content (AvgIpc) is 3.33. The number of hydrazine groups is 1. The van der Waals surface area contributed by atoms with E-state index in [9.17, 15) is 19.2 Å². The third-order valence-electron chi connectivity index (χ3n) is 5.94. The Morgan fingerprint density at radius 1 is 1.30 bits per heavy atom. The summed E-state index contributed by atoms with van der Waals surface area (Å²) in [6.07, 6.45) is 4.96. The molecule has 0 radical (unpaired) electrons. The lowest BCUT2D eigenvalue weighted by atomic mass is 9.92. The van der Waals surface area contributed by atoms with Gasteiger partial charge in [-0.25, -0.2) is 5.06 Å². The van der Waals surface area contributed by atoms with Gasteiger partial charge >= 0.3 is 0 Å². The van der Waals surface area contributed by atoms with Gasteiger partial charge in [-0.2, -0.15) is 14.4 Å². The van der Waals surface area contributed by atoms with Gasteiger partial charge in [0.2, 0.25) is 23.4 Å². The van der Waals surface area contributed by atoms with Crippen molar-refractivity contribution >= 4 is 35.6 Å². The van der Waals surface area contributed by atoms with Crippen molar-refractivity contribution in [2.45, 2.75) is 32.1 Å². The summed E-state index contributed by atoms with van der Waals surface area (Å²) in [5.41, 5.74) is 4.89. The molecule has 1 saturated carbocycles. The van der Waals surface area contributed by atoms with Crippen LogP contribution in [0, 0.1) is 17.7 Å². The van der Waals surface area contributed by atoms with E-state index in [2.05, 4.69) is 31.0 Å². The molecule has 2 fully saturated rings. The van der Waals surface area contributed by atoms with Crippen molar-refractivity contribution in [2.75, 3.05) is 56.7 Å². The number of hydroxylamine groups is 2. The van der Waals surface area contributed by atoms with Crippen LogP contribution in [0.1, 0.15) is 32.1 Å². The first kappa shape index (κ1) is 25.3.